The molecule has 0 bridgehead atoms. The molecule has 1 aromatic heterocycles. The van der Waals surface area contributed by atoms with E-state index in [1.54, 1.807) is 25.1 Å². The number of carbonyl (C=O) groups excluding carboxylic acids is 2. The molecule has 0 radical (unpaired) electrons. The minimum absolute atomic E-state index is 0.00932. The predicted octanol–water partition coefficient (Wildman–Crippen LogP) is 4.30. The van der Waals surface area contributed by atoms with E-state index in [1.807, 2.05) is 48.5 Å². The van der Waals surface area contributed by atoms with Gasteiger partial charge in [0.1, 0.15) is 16.8 Å². The number of carbonyl (C=O) groups is 3. The Hall–Kier alpha value is -4.50. The van der Waals surface area contributed by atoms with Crippen LogP contribution in [0.1, 0.15) is 34.2 Å². The van der Waals surface area contributed by atoms with E-state index in [4.69, 9.17) is 11.6 Å². The third-order valence-electron chi connectivity index (χ3n) is 5.71. The molecular formula is C28H26ClN5O4. The molecule has 0 unspecified atom stereocenters. The first-order valence-electron chi connectivity index (χ1n) is 12.0. The second-order valence-corrected chi connectivity index (χ2v) is 8.88. The number of hydrogen-bond acceptors (Lipinski definition) is 6. The fourth-order valence-corrected chi connectivity index (χ4v) is 4.13. The first-order chi connectivity index (χ1) is 18.3. The van der Waals surface area contributed by atoms with Crippen molar-refractivity contribution in [1.29, 1.82) is 0 Å². The highest BCUT2D eigenvalue weighted by molar-refractivity contribution is 6.30. The molecule has 9 nitrogen and oxygen atoms in total. The van der Waals surface area contributed by atoms with Gasteiger partial charge in [-0.1, -0.05) is 54.1 Å². The zero-order chi connectivity index (χ0) is 27.1. The van der Waals surface area contributed by atoms with Crippen LogP contribution in [-0.2, 0) is 22.4 Å². The lowest BCUT2D eigenvalue weighted by Gasteiger charge is -2.13. The molecule has 0 aliphatic rings. The summed E-state index contributed by atoms with van der Waals surface area (Å²) >= 11 is 6.30. The molecule has 0 saturated carbocycles. The van der Waals surface area contributed by atoms with Gasteiger partial charge in [-0.2, -0.15) is 0 Å². The van der Waals surface area contributed by atoms with Crippen LogP contribution >= 0.6 is 11.6 Å². The number of benzene rings is 3. The van der Waals surface area contributed by atoms with Crippen LogP contribution in [0.4, 0.5) is 11.5 Å². The van der Waals surface area contributed by atoms with Crippen LogP contribution in [0.5, 0.6) is 0 Å². The van der Waals surface area contributed by atoms with Crippen molar-refractivity contribution >= 4 is 51.7 Å². The second kappa shape index (κ2) is 12.2. The number of aromatic nitrogens is 2. The van der Waals surface area contributed by atoms with E-state index in [9.17, 15) is 19.5 Å². The number of aliphatic carboxylic acids is 1. The zero-order valence-electron chi connectivity index (χ0n) is 20.6. The number of anilines is 2. The van der Waals surface area contributed by atoms with Crippen LogP contribution < -0.4 is 16.0 Å². The van der Waals surface area contributed by atoms with Crippen LogP contribution in [-0.4, -0.2) is 45.9 Å². The molecular weight excluding hydrogens is 506 g/mol. The Bertz CT molecular complexity index is 1490. The molecule has 4 rings (SSSR count). The minimum atomic E-state index is -1.09. The van der Waals surface area contributed by atoms with Crippen molar-refractivity contribution in [3.8, 4) is 0 Å². The summed E-state index contributed by atoms with van der Waals surface area (Å²) < 4.78 is 0. The zero-order valence-corrected chi connectivity index (χ0v) is 21.4. The molecule has 0 aliphatic carbocycles. The summed E-state index contributed by atoms with van der Waals surface area (Å²) in [5.74, 6) is -1.00. The van der Waals surface area contributed by atoms with Crippen molar-refractivity contribution in [3.05, 3.63) is 94.4 Å². The van der Waals surface area contributed by atoms with E-state index in [1.165, 1.54) is 0 Å². The molecule has 10 heteroatoms. The molecule has 38 heavy (non-hydrogen) atoms. The number of amides is 2. The number of carboxylic acid groups (broad SMARTS) is 1. The van der Waals surface area contributed by atoms with E-state index < -0.39 is 5.97 Å². The normalized spacial score (nSPS) is 10.7. The maximum absolute atomic E-state index is 12.7. The highest BCUT2D eigenvalue weighted by Crippen LogP contribution is 2.24. The van der Waals surface area contributed by atoms with Gasteiger partial charge in [0.15, 0.2) is 0 Å². The van der Waals surface area contributed by atoms with Gasteiger partial charge in [0.05, 0.1) is 13.0 Å². The fraction of sp³-hybridized carbons (Fsp3) is 0.179. The van der Waals surface area contributed by atoms with Gasteiger partial charge in [-0.05, 0) is 47.5 Å². The number of hydrogen-bond donors (Lipinski definition) is 4. The number of halogens is 1. The van der Waals surface area contributed by atoms with Gasteiger partial charge >= 0.3 is 5.97 Å². The van der Waals surface area contributed by atoms with E-state index >= 15 is 0 Å². The largest absolute Gasteiger partial charge is 0.481 e. The van der Waals surface area contributed by atoms with E-state index in [-0.39, 0.29) is 41.3 Å². The quantitative estimate of drug-likeness (QED) is 0.224. The fourth-order valence-electron chi connectivity index (χ4n) is 3.88. The van der Waals surface area contributed by atoms with Gasteiger partial charge in [0, 0.05) is 29.8 Å². The molecule has 0 atom stereocenters. The Morgan fingerprint density at radius 3 is 2.39 bits per heavy atom. The molecule has 4 aromatic rings. The van der Waals surface area contributed by atoms with Gasteiger partial charge in [0.2, 0.25) is 5.91 Å². The van der Waals surface area contributed by atoms with Crippen LogP contribution in [0.25, 0.3) is 10.8 Å². The van der Waals surface area contributed by atoms with Crippen molar-refractivity contribution in [1.82, 2.24) is 15.3 Å². The van der Waals surface area contributed by atoms with Gasteiger partial charge in [0.25, 0.3) is 5.91 Å². The average molecular weight is 532 g/mol. The lowest BCUT2D eigenvalue weighted by molar-refractivity contribution is -0.136. The van der Waals surface area contributed by atoms with Crippen molar-refractivity contribution in [2.45, 2.75) is 19.8 Å². The number of nitrogens with one attached hydrogen (secondary N) is 3. The van der Waals surface area contributed by atoms with E-state index in [2.05, 4.69) is 25.9 Å². The van der Waals surface area contributed by atoms with Crippen molar-refractivity contribution in [2.24, 2.45) is 0 Å². The number of carboxylic acids is 1. The van der Waals surface area contributed by atoms with Gasteiger partial charge in [-0.25, -0.2) is 9.97 Å². The molecule has 0 saturated heterocycles. The molecule has 1 heterocycles. The number of likely N-dealkylation sites (N-methyl/N-ethyl adjacent to an activating group) is 1. The number of nitrogens with zero attached hydrogens (tertiary/aromatic N) is 2. The third kappa shape index (κ3) is 6.83. The maximum atomic E-state index is 12.7. The molecule has 0 fully saturated rings. The Morgan fingerprint density at radius 1 is 0.947 bits per heavy atom. The minimum Gasteiger partial charge on any atom is -0.481 e. The standard InChI is InChI=1S/C28H26ClN5O4/c1-2-30-24(35)16-31-27-22(15-25(36)37)26(29)33-23(34-27)13-17-7-11-21(12-8-17)32-28(38)20-10-9-18-5-3-4-6-19(18)14-20/h3-12,14H,2,13,15-16H2,1H3,(H,30,35)(H,32,38)(H,36,37)(H,31,33,34). The summed E-state index contributed by atoms with van der Waals surface area (Å²) in [5, 5.41) is 19.7. The Labute approximate surface area is 224 Å². The first kappa shape index (κ1) is 26.6. The van der Waals surface area contributed by atoms with Crippen LogP contribution in [0.15, 0.2) is 66.7 Å². The summed E-state index contributed by atoms with van der Waals surface area (Å²) in [6, 6.07) is 20.6. The average Bonchev–Trinajstić information content (AvgIpc) is 2.90. The number of rotatable bonds is 10. The Balaban J connectivity index is 1.46. The lowest BCUT2D eigenvalue weighted by atomic mass is 10.1. The Morgan fingerprint density at radius 2 is 1.68 bits per heavy atom. The van der Waals surface area contributed by atoms with E-state index in [0.29, 0.717) is 30.0 Å². The number of fused-ring (bicyclic) bond motifs is 1. The van der Waals surface area contributed by atoms with Gasteiger partial charge in [-0.3, -0.25) is 14.4 Å². The lowest BCUT2D eigenvalue weighted by Crippen LogP contribution is -2.30. The van der Waals surface area contributed by atoms with Crippen molar-refractivity contribution in [3.63, 3.8) is 0 Å². The maximum Gasteiger partial charge on any atom is 0.308 e. The summed E-state index contributed by atoms with van der Waals surface area (Å²) in [5.41, 5.74) is 2.25. The molecule has 4 N–H and O–H groups in total. The van der Waals surface area contributed by atoms with E-state index in [0.717, 1.165) is 16.3 Å². The summed E-state index contributed by atoms with van der Waals surface area (Å²) in [7, 11) is 0. The van der Waals surface area contributed by atoms with Crippen LogP contribution in [0, 0.1) is 0 Å². The SMILES string of the molecule is CCNC(=O)CNc1nc(Cc2ccc(NC(=O)c3ccc4ccccc4c3)cc2)nc(Cl)c1CC(=O)O. The molecule has 0 spiro atoms. The molecule has 0 aliphatic heterocycles. The van der Waals surface area contributed by atoms with Gasteiger partial charge in [-0.15, -0.1) is 0 Å². The molecule has 2 amide bonds. The van der Waals surface area contributed by atoms with Crippen molar-refractivity contribution in [2.75, 3.05) is 23.7 Å². The summed E-state index contributed by atoms with van der Waals surface area (Å²) in [6.45, 7) is 2.18. The van der Waals surface area contributed by atoms with Crippen LogP contribution in [0.3, 0.4) is 0 Å². The monoisotopic (exact) mass is 531 g/mol. The second-order valence-electron chi connectivity index (χ2n) is 8.53. The first-order valence-corrected chi connectivity index (χ1v) is 12.4. The third-order valence-corrected chi connectivity index (χ3v) is 6.02. The molecule has 3 aromatic carbocycles. The highest BCUT2D eigenvalue weighted by Gasteiger charge is 2.17. The van der Waals surface area contributed by atoms with Crippen LogP contribution in [0.2, 0.25) is 5.15 Å². The molecule has 194 valence electrons. The Kier molecular flexibility index (Phi) is 8.50. The smallest absolute Gasteiger partial charge is 0.308 e. The summed E-state index contributed by atoms with van der Waals surface area (Å²) in [4.78, 5) is 44.6. The van der Waals surface area contributed by atoms with Gasteiger partial charge < -0.3 is 21.1 Å². The predicted molar refractivity (Wildman–Crippen MR) is 147 cm³/mol. The highest BCUT2D eigenvalue weighted by atomic mass is 35.5. The topological polar surface area (TPSA) is 133 Å². The summed E-state index contributed by atoms with van der Waals surface area (Å²) in [6.07, 6.45) is -0.0791. The van der Waals surface area contributed by atoms with Crippen molar-refractivity contribution < 1.29 is 19.5 Å².